The molecule has 0 radical (unpaired) electrons. The number of fused-ring (bicyclic) bond motifs is 1. The fourth-order valence-electron chi connectivity index (χ4n) is 2.06. The molecule has 3 aromatic rings. The van der Waals surface area contributed by atoms with Gasteiger partial charge in [-0.1, -0.05) is 29.1 Å². The Morgan fingerprint density at radius 2 is 1.96 bits per heavy atom. The fourth-order valence-corrected chi connectivity index (χ4v) is 2.06. The number of para-hydroxylation sites is 1. The Balaban J connectivity index is 1.51. The van der Waals surface area contributed by atoms with E-state index in [2.05, 4.69) is 15.6 Å². The molecule has 0 saturated heterocycles. The van der Waals surface area contributed by atoms with Gasteiger partial charge in [0.15, 0.2) is 6.61 Å². The number of rotatable bonds is 6. The van der Waals surface area contributed by atoms with Crippen LogP contribution in [0, 0.1) is 0 Å². The Hall–Kier alpha value is -3.09. The standard InChI is InChI=1S/C16H16N4O3/c1-22-13-8-6-12(7-9-13)10-17-16(21)11-23-20-15-5-3-2-4-14(15)18-19-20/h2-9H,10-11H2,1H3,(H,17,21). The quantitative estimate of drug-likeness (QED) is 0.739. The third kappa shape index (κ3) is 3.57. The molecule has 118 valence electrons. The number of hydrogen-bond acceptors (Lipinski definition) is 5. The first kappa shape index (κ1) is 14.8. The number of hydrogen-bond donors (Lipinski definition) is 1. The zero-order valence-electron chi connectivity index (χ0n) is 12.6. The zero-order chi connectivity index (χ0) is 16.1. The van der Waals surface area contributed by atoms with E-state index in [9.17, 15) is 4.79 Å². The molecule has 0 aliphatic rings. The molecule has 1 amide bonds. The van der Waals surface area contributed by atoms with Gasteiger partial charge in [0.1, 0.15) is 16.8 Å². The van der Waals surface area contributed by atoms with Crippen LogP contribution in [-0.2, 0) is 11.3 Å². The maximum absolute atomic E-state index is 11.8. The second kappa shape index (κ2) is 6.78. The Kier molecular flexibility index (Phi) is 4.37. The molecule has 0 bridgehead atoms. The molecule has 1 aromatic heterocycles. The average molecular weight is 312 g/mol. The van der Waals surface area contributed by atoms with Gasteiger partial charge in [-0.25, -0.2) is 0 Å². The SMILES string of the molecule is COc1ccc(CNC(=O)COn2nnc3ccccc32)cc1. The van der Waals surface area contributed by atoms with Crippen LogP contribution in [0.5, 0.6) is 5.75 Å². The molecule has 1 heterocycles. The highest BCUT2D eigenvalue weighted by Crippen LogP contribution is 2.11. The van der Waals surface area contributed by atoms with Crippen molar-refractivity contribution in [2.75, 3.05) is 13.7 Å². The van der Waals surface area contributed by atoms with Crippen LogP contribution in [0.3, 0.4) is 0 Å². The van der Waals surface area contributed by atoms with Crippen LogP contribution in [0.4, 0.5) is 0 Å². The predicted molar refractivity (Wildman–Crippen MR) is 83.8 cm³/mol. The smallest absolute Gasteiger partial charge is 0.261 e. The highest BCUT2D eigenvalue weighted by molar-refractivity contribution is 5.77. The molecule has 0 atom stereocenters. The first-order valence-electron chi connectivity index (χ1n) is 7.09. The number of benzene rings is 2. The minimum atomic E-state index is -0.236. The number of methoxy groups -OCH3 is 1. The van der Waals surface area contributed by atoms with Crippen molar-refractivity contribution in [2.24, 2.45) is 0 Å². The second-order valence-electron chi connectivity index (χ2n) is 4.85. The van der Waals surface area contributed by atoms with Crippen molar-refractivity contribution in [3.8, 4) is 5.75 Å². The molecule has 0 spiro atoms. The van der Waals surface area contributed by atoms with Gasteiger partial charge in [-0.15, -0.1) is 5.10 Å². The van der Waals surface area contributed by atoms with Crippen LogP contribution in [0.1, 0.15) is 5.56 Å². The van der Waals surface area contributed by atoms with E-state index in [0.29, 0.717) is 12.1 Å². The van der Waals surface area contributed by atoms with Crippen molar-refractivity contribution < 1.29 is 14.4 Å². The van der Waals surface area contributed by atoms with Crippen molar-refractivity contribution in [3.63, 3.8) is 0 Å². The first-order chi connectivity index (χ1) is 11.3. The number of carbonyl (C=O) groups is 1. The van der Waals surface area contributed by atoms with Crippen LogP contribution in [-0.4, -0.2) is 34.8 Å². The van der Waals surface area contributed by atoms with E-state index in [1.807, 2.05) is 48.5 Å². The average Bonchev–Trinajstić information content (AvgIpc) is 3.02. The lowest BCUT2D eigenvalue weighted by Gasteiger charge is -2.07. The molecule has 0 saturated carbocycles. The van der Waals surface area contributed by atoms with Crippen molar-refractivity contribution in [3.05, 3.63) is 54.1 Å². The molecule has 3 rings (SSSR count). The number of amides is 1. The van der Waals surface area contributed by atoms with E-state index in [-0.39, 0.29) is 12.5 Å². The third-order valence-electron chi connectivity index (χ3n) is 3.29. The molecule has 0 fully saturated rings. The lowest BCUT2D eigenvalue weighted by atomic mass is 10.2. The third-order valence-corrected chi connectivity index (χ3v) is 3.29. The van der Waals surface area contributed by atoms with Crippen LogP contribution in [0.2, 0.25) is 0 Å². The minimum absolute atomic E-state index is 0.135. The van der Waals surface area contributed by atoms with E-state index in [4.69, 9.17) is 9.57 Å². The van der Waals surface area contributed by atoms with E-state index in [0.717, 1.165) is 16.8 Å². The number of nitrogens with zero attached hydrogens (tertiary/aromatic N) is 3. The largest absolute Gasteiger partial charge is 0.497 e. The summed E-state index contributed by atoms with van der Waals surface area (Å²) in [6.07, 6.45) is 0. The van der Waals surface area contributed by atoms with E-state index in [1.165, 1.54) is 4.85 Å². The number of aromatic nitrogens is 3. The van der Waals surface area contributed by atoms with Crippen LogP contribution in [0.15, 0.2) is 48.5 Å². The van der Waals surface area contributed by atoms with Gasteiger partial charge in [0, 0.05) is 6.54 Å². The van der Waals surface area contributed by atoms with Gasteiger partial charge in [0.25, 0.3) is 5.91 Å². The van der Waals surface area contributed by atoms with E-state index < -0.39 is 0 Å². The summed E-state index contributed by atoms with van der Waals surface area (Å²) in [4.78, 5) is 18.5. The summed E-state index contributed by atoms with van der Waals surface area (Å²) in [5.74, 6) is 0.543. The number of carbonyl (C=O) groups excluding carboxylic acids is 1. The molecule has 0 aliphatic carbocycles. The topological polar surface area (TPSA) is 78.3 Å². The minimum Gasteiger partial charge on any atom is -0.497 e. The maximum Gasteiger partial charge on any atom is 0.261 e. The molecule has 7 heteroatoms. The summed E-state index contributed by atoms with van der Waals surface area (Å²) < 4.78 is 5.09. The van der Waals surface area contributed by atoms with E-state index in [1.54, 1.807) is 7.11 Å². The summed E-state index contributed by atoms with van der Waals surface area (Å²) in [6, 6.07) is 14.9. The normalized spacial score (nSPS) is 10.5. The molecule has 0 aliphatic heterocycles. The molecular formula is C16H16N4O3. The predicted octanol–water partition coefficient (Wildman–Crippen LogP) is 1.18. The van der Waals surface area contributed by atoms with Crippen molar-refractivity contribution in [1.29, 1.82) is 0 Å². The zero-order valence-corrected chi connectivity index (χ0v) is 12.6. The lowest BCUT2D eigenvalue weighted by molar-refractivity contribution is -0.126. The molecule has 0 unspecified atom stereocenters. The summed E-state index contributed by atoms with van der Waals surface area (Å²) in [6.45, 7) is 0.286. The van der Waals surface area contributed by atoms with Gasteiger partial charge in [-0.3, -0.25) is 4.79 Å². The first-order valence-corrected chi connectivity index (χ1v) is 7.09. The fraction of sp³-hybridized carbons (Fsp3) is 0.188. The Morgan fingerprint density at radius 3 is 2.74 bits per heavy atom. The highest BCUT2D eigenvalue weighted by atomic mass is 16.7. The van der Waals surface area contributed by atoms with Gasteiger partial charge >= 0.3 is 0 Å². The van der Waals surface area contributed by atoms with Crippen molar-refractivity contribution >= 4 is 16.9 Å². The summed E-state index contributed by atoms with van der Waals surface area (Å²) in [5.41, 5.74) is 2.41. The van der Waals surface area contributed by atoms with Gasteiger partial charge in [0.2, 0.25) is 0 Å². The summed E-state index contributed by atoms with van der Waals surface area (Å²) in [7, 11) is 1.61. The second-order valence-corrected chi connectivity index (χ2v) is 4.85. The van der Waals surface area contributed by atoms with Crippen molar-refractivity contribution in [1.82, 2.24) is 20.5 Å². The number of nitrogens with one attached hydrogen (secondary N) is 1. The Labute approximate surface area is 132 Å². The maximum atomic E-state index is 11.8. The Bertz CT molecular complexity index is 798. The van der Waals surface area contributed by atoms with Crippen LogP contribution >= 0.6 is 0 Å². The van der Waals surface area contributed by atoms with Crippen molar-refractivity contribution in [2.45, 2.75) is 6.54 Å². The summed E-state index contributed by atoms with van der Waals surface area (Å²) in [5, 5.41) is 10.6. The highest BCUT2D eigenvalue weighted by Gasteiger charge is 2.07. The molecule has 1 N–H and O–H groups in total. The molecule has 7 nitrogen and oxygen atoms in total. The summed E-state index contributed by atoms with van der Waals surface area (Å²) >= 11 is 0. The van der Waals surface area contributed by atoms with Crippen LogP contribution < -0.4 is 14.9 Å². The Morgan fingerprint density at radius 1 is 1.17 bits per heavy atom. The van der Waals surface area contributed by atoms with E-state index >= 15 is 0 Å². The molecule has 23 heavy (non-hydrogen) atoms. The van der Waals surface area contributed by atoms with Gasteiger partial charge in [0.05, 0.1) is 7.11 Å². The molecular weight excluding hydrogens is 296 g/mol. The molecule has 2 aromatic carbocycles. The van der Waals surface area contributed by atoms with Gasteiger partial charge in [-0.2, -0.15) is 0 Å². The van der Waals surface area contributed by atoms with Gasteiger partial charge in [-0.05, 0) is 35.0 Å². The monoisotopic (exact) mass is 312 g/mol. The number of ether oxygens (including phenoxy) is 1. The van der Waals surface area contributed by atoms with Crippen LogP contribution in [0.25, 0.3) is 11.0 Å². The van der Waals surface area contributed by atoms with Gasteiger partial charge < -0.3 is 14.9 Å². The lowest BCUT2D eigenvalue weighted by Crippen LogP contribution is -2.31.